The van der Waals surface area contributed by atoms with Crippen LogP contribution in [0.3, 0.4) is 0 Å². The third kappa shape index (κ3) is 3.65. The molecule has 2 heterocycles. The Labute approximate surface area is 193 Å². The van der Waals surface area contributed by atoms with E-state index in [2.05, 4.69) is 102 Å². The van der Waals surface area contributed by atoms with Gasteiger partial charge in [0.15, 0.2) is 0 Å². The topological polar surface area (TPSA) is 29.9 Å². The molecule has 0 bridgehead atoms. The highest BCUT2D eigenvalue weighted by Crippen LogP contribution is 2.29. The van der Waals surface area contributed by atoms with E-state index in [1.807, 2.05) is 6.07 Å². The zero-order valence-electron chi connectivity index (χ0n) is 18.9. The van der Waals surface area contributed by atoms with Crippen LogP contribution in [0.25, 0.3) is 43.6 Å². The molecular weight excluding hydrogens is 402 g/mol. The highest BCUT2D eigenvalue weighted by molar-refractivity contribution is 6.08. The summed E-state index contributed by atoms with van der Waals surface area (Å²) in [6.07, 6.45) is 0.988. The van der Waals surface area contributed by atoms with Crippen LogP contribution >= 0.6 is 0 Å². The van der Waals surface area contributed by atoms with Gasteiger partial charge in [0.05, 0.1) is 11.0 Å². The molecule has 0 saturated carbocycles. The Morgan fingerprint density at radius 2 is 1.48 bits per heavy atom. The molecule has 0 radical (unpaired) electrons. The van der Waals surface area contributed by atoms with Crippen molar-refractivity contribution in [2.24, 2.45) is 0 Å². The number of hydrogen-bond acceptors (Lipinski definition) is 2. The first-order valence-corrected chi connectivity index (χ1v) is 11.8. The lowest BCUT2D eigenvalue weighted by atomic mass is 10.1. The highest BCUT2D eigenvalue weighted by atomic mass is 15.0. The van der Waals surface area contributed by atoms with Gasteiger partial charge in [-0.3, -0.25) is 0 Å². The largest absolute Gasteiger partial charge is 0.341 e. The number of nitrogens with one attached hydrogen (secondary N) is 1. The van der Waals surface area contributed by atoms with Crippen LogP contribution < -0.4 is 5.32 Å². The van der Waals surface area contributed by atoms with Gasteiger partial charge >= 0.3 is 0 Å². The zero-order valence-corrected chi connectivity index (χ0v) is 18.9. The molecule has 0 aliphatic rings. The van der Waals surface area contributed by atoms with E-state index >= 15 is 0 Å². The summed E-state index contributed by atoms with van der Waals surface area (Å²) in [4.78, 5) is 4.85. The van der Waals surface area contributed by atoms with E-state index in [-0.39, 0.29) is 0 Å². The van der Waals surface area contributed by atoms with E-state index in [1.54, 1.807) is 0 Å². The summed E-state index contributed by atoms with van der Waals surface area (Å²) in [6.45, 7) is 5.01. The number of aryl methyl sites for hydroxylation is 1. The number of hydrogen-bond donors (Lipinski definition) is 1. The van der Waals surface area contributed by atoms with Gasteiger partial charge < -0.3 is 9.88 Å². The Morgan fingerprint density at radius 1 is 0.697 bits per heavy atom. The molecule has 0 atom stereocenters. The molecular formula is C30H27N3. The number of aromatic nitrogens is 2. The van der Waals surface area contributed by atoms with Crippen LogP contribution in [0, 0.1) is 0 Å². The Morgan fingerprint density at radius 3 is 2.42 bits per heavy atom. The average molecular weight is 430 g/mol. The molecule has 0 unspecified atom stereocenters. The minimum atomic E-state index is 0.873. The molecule has 0 aliphatic heterocycles. The summed E-state index contributed by atoms with van der Waals surface area (Å²) in [5.41, 5.74) is 7.41. The van der Waals surface area contributed by atoms with Crippen molar-refractivity contribution in [3.05, 3.63) is 102 Å². The quantitative estimate of drug-likeness (QED) is 0.232. The third-order valence-electron chi connectivity index (χ3n) is 6.66. The molecule has 0 aliphatic carbocycles. The number of rotatable bonds is 6. The second-order valence-corrected chi connectivity index (χ2v) is 8.75. The summed E-state index contributed by atoms with van der Waals surface area (Å²) >= 11 is 0. The minimum absolute atomic E-state index is 0.873. The first kappa shape index (κ1) is 20.0. The monoisotopic (exact) mass is 429 g/mol. The Bertz CT molecular complexity index is 1610. The van der Waals surface area contributed by atoms with Crippen LogP contribution in [0.1, 0.15) is 18.1 Å². The molecule has 3 heteroatoms. The van der Waals surface area contributed by atoms with Crippen molar-refractivity contribution >= 4 is 43.6 Å². The normalized spacial score (nSPS) is 11.8. The van der Waals surface area contributed by atoms with E-state index in [0.717, 1.165) is 37.1 Å². The Hall–Kier alpha value is -3.69. The number of fused-ring (bicyclic) bond motifs is 5. The van der Waals surface area contributed by atoms with Crippen molar-refractivity contribution in [2.75, 3.05) is 6.54 Å². The lowest BCUT2D eigenvalue weighted by molar-refractivity contribution is 0.687. The maximum atomic E-state index is 4.85. The smallest absolute Gasteiger partial charge is 0.0712 e. The first-order valence-electron chi connectivity index (χ1n) is 11.8. The fourth-order valence-corrected chi connectivity index (χ4v) is 4.99. The number of para-hydroxylation sites is 2. The molecule has 33 heavy (non-hydrogen) atoms. The highest BCUT2D eigenvalue weighted by Gasteiger charge is 2.09. The van der Waals surface area contributed by atoms with Gasteiger partial charge in [-0.05, 0) is 67.4 Å². The summed E-state index contributed by atoms with van der Waals surface area (Å²) < 4.78 is 2.40. The fraction of sp³-hybridized carbons (Fsp3) is 0.167. The van der Waals surface area contributed by atoms with Crippen molar-refractivity contribution < 1.29 is 0 Å². The molecule has 6 aromatic rings. The standard InChI is InChI=1S/C30H27N3/c1-2-33-29-10-6-4-8-25(29)26-17-22(12-14-30(26)33)20-31-16-15-21-11-13-24-19-23-7-3-5-9-27(23)32-28(24)18-21/h3-14,17-19,31H,2,15-16,20H2,1H3. The zero-order chi connectivity index (χ0) is 22.2. The molecule has 2 aromatic heterocycles. The minimum Gasteiger partial charge on any atom is -0.341 e. The van der Waals surface area contributed by atoms with E-state index in [1.165, 1.54) is 43.7 Å². The number of nitrogens with zero attached hydrogens (tertiary/aromatic N) is 2. The van der Waals surface area contributed by atoms with Crippen LogP contribution in [-0.2, 0) is 19.5 Å². The Balaban J connectivity index is 1.17. The van der Waals surface area contributed by atoms with E-state index in [9.17, 15) is 0 Å². The number of pyridine rings is 1. The van der Waals surface area contributed by atoms with Crippen molar-refractivity contribution in [3.8, 4) is 0 Å². The molecule has 0 fully saturated rings. The van der Waals surface area contributed by atoms with Crippen LogP contribution in [0.2, 0.25) is 0 Å². The molecule has 4 aromatic carbocycles. The lowest BCUT2D eigenvalue weighted by Crippen LogP contribution is -2.16. The van der Waals surface area contributed by atoms with Gasteiger partial charge in [0.25, 0.3) is 0 Å². The SMILES string of the molecule is CCn1c2ccccc2c2cc(CNCCc3ccc4cc5ccccc5nc4c3)ccc21. The van der Waals surface area contributed by atoms with Crippen molar-refractivity contribution in [1.29, 1.82) is 0 Å². The molecule has 0 spiro atoms. The molecule has 162 valence electrons. The molecule has 1 N–H and O–H groups in total. The van der Waals surface area contributed by atoms with Crippen LogP contribution in [-0.4, -0.2) is 16.1 Å². The second-order valence-electron chi connectivity index (χ2n) is 8.75. The fourth-order valence-electron chi connectivity index (χ4n) is 4.99. The van der Waals surface area contributed by atoms with Gasteiger partial charge in [-0.25, -0.2) is 4.98 Å². The van der Waals surface area contributed by atoms with E-state index in [0.29, 0.717) is 0 Å². The maximum absolute atomic E-state index is 4.85. The van der Waals surface area contributed by atoms with Crippen molar-refractivity contribution in [2.45, 2.75) is 26.4 Å². The van der Waals surface area contributed by atoms with Crippen LogP contribution in [0.4, 0.5) is 0 Å². The number of benzene rings is 4. The van der Waals surface area contributed by atoms with E-state index in [4.69, 9.17) is 4.98 Å². The van der Waals surface area contributed by atoms with Gasteiger partial charge in [-0.2, -0.15) is 0 Å². The Kier molecular flexibility index (Phi) is 5.04. The molecule has 0 amide bonds. The van der Waals surface area contributed by atoms with Crippen molar-refractivity contribution in [3.63, 3.8) is 0 Å². The molecule has 3 nitrogen and oxygen atoms in total. The predicted molar refractivity (Wildman–Crippen MR) is 140 cm³/mol. The average Bonchev–Trinajstić information content (AvgIpc) is 3.18. The molecule has 6 rings (SSSR count). The summed E-state index contributed by atoms with van der Waals surface area (Å²) in [5, 5.41) is 8.71. The molecule has 0 saturated heterocycles. The summed E-state index contributed by atoms with van der Waals surface area (Å²) in [7, 11) is 0. The van der Waals surface area contributed by atoms with E-state index < -0.39 is 0 Å². The van der Waals surface area contributed by atoms with Crippen LogP contribution in [0.5, 0.6) is 0 Å². The van der Waals surface area contributed by atoms with Crippen LogP contribution in [0.15, 0.2) is 91.0 Å². The van der Waals surface area contributed by atoms with Gasteiger partial charge in [0.1, 0.15) is 0 Å². The van der Waals surface area contributed by atoms with Gasteiger partial charge in [-0.15, -0.1) is 0 Å². The third-order valence-corrected chi connectivity index (χ3v) is 6.66. The van der Waals surface area contributed by atoms with Crippen molar-refractivity contribution in [1.82, 2.24) is 14.9 Å². The second kappa shape index (κ2) is 8.34. The predicted octanol–water partition coefficient (Wildman–Crippen LogP) is 6.85. The maximum Gasteiger partial charge on any atom is 0.0712 e. The van der Waals surface area contributed by atoms with Gasteiger partial charge in [0, 0.05) is 45.7 Å². The van der Waals surface area contributed by atoms with Gasteiger partial charge in [-0.1, -0.05) is 54.6 Å². The lowest BCUT2D eigenvalue weighted by Gasteiger charge is -2.08. The summed E-state index contributed by atoms with van der Waals surface area (Å²) in [6, 6.07) is 32.8. The first-order chi connectivity index (χ1) is 16.3. The van der Waals surface area contributed by atoms with Gasteiger partial charge in [0.2, 0.25) is 0 Å². The summed E-state index contributed by atoms with van der Waals surface area (Å²) in [5.74, 6) is 0.